The van der Waals surface area contributed by atoms with Crippen LogP contribution in [0.4, 0.5) is 0 Å². The maximum absolute atomic E-state index is 6.87. The molecule has 1 aliphatic heterocycles. The highest BCUT2D eigenvalue weighted by molar-refractivity contribution is 7.25. The summed E-state index contributed by atoms with van der Waals surface area (Å²) in [5, 5.41) is 14.8. The molecule has 2 unspecified atom stereocenters. The van der Waals surface area contributed by atoms with Crippen molar-refractivity contribution in [3.63, 3.8) is 0 Å². The summed E-state index contributed by atoms with van der Waals surface area (Å²) in [6, 6.07) is 64.8. The molecule has 8 aromatic carbocycles. The van der Waals surface area contributed by atoms with Crippen LogP contribution in [0.2, 0.25) is 0 Å². The Balaban J connectivity index is 1.02. The Morgan fingerprint density at radius 2 is 1.25 bits per heavy atom. The molecule has 1 aliphatic rings. The Morgan fingerprint density at radius 3 is 2.05 bits per heavy atom. The van der Waals surface area contributed by atoms with E-state index < -0.39 is 0 Å². The Hall–Kier alpha value is -6.99. The first-order chi connectivity index (χ1) is 28.3. The minimum atomic E-state index is -0.226. The molecule has 2 atom stereocenters. The number of amidine groups is 1. The molecule has 0 amide bonds. The fraction of sp³-hybridized carbons (Fsp3) is 0.0392. The molecule has 2 N–H and O–H groups in total. The lowest BCUT2D eigenvalue weighted by Gasteiger charge is -2.32. The molecule has 0 radical (unpaired) electrons. The molecule has 0 bridgehead atoms. The summed E-state index contributed by atoms with van der Waals surface area (Å²) in [7, 11) is 0. The Bertz CT molecular complexity index is 3320. The average Bonchev–Trinajstić information content (AvgIpc) is 3.96. The largest absolute Gasteiger partial charge is 0.455 e. The second kappa shape index (κ2) is 12.8. The number of nitrogens with one attached hydrogen (secondary N) is 2. The quantitative estimate of drug-likeness (QED) is 0.184. The van der Waals surface area contributed by atoms with Gasteiger partial charge in [-0.3, -0.25) is 5.32 Å². The first-order valence-corrected chi connectivity index (χ1v) is 20.2. The van der Waals surface area contributed by atoms with Gasteiger partial charge in [-0.15, -0.1) is 11.3 Å². The number of aromatic nitrogens is 1. The van der Waals surface area contributed by atoms with Gasteiger partial charge in [-0.05, 0) is 53.6 Å². The molecule has 12 rings (SSSR count). The van der Waals surface area contributed by atoms with Gasteiger partial charge in [0, 0.05) is 58.4 Å². The summed E-state index contributed by atoms with van der Waals surface area (Å²) in [4.78, 5) is 5.15. The zero-order valence-corrected chi connectivity index (χ0v) is 31.5. The van der Waals surface area contributed by atoms with Crippen molar-refractivity contribution in [3.05, 3.63) is 199 Å². The number of para-hydroxylation sites is 3. The van der Waals surface area contributed by atoms with E-state index in [1.807, 2.05) is 23.5 Å². The fourth-order valence-electron chi connectivity index (χ4n) is 8.95. The molecule has 0 aliphatic carbocycles. The SMILES string of the molecule is c1ccc(C2=NC(c3ccccc3)NC(c3cccc4oc5c(-c6ccc7sc8cccc(-n9c%10ccccc%10c%10ccccc%109)c8c7c6)cccc5c34)N2)cc1. The maximum Gasteiger partial charge on any atom is 0.143 e. The van der Waals surface area contributed by atoms with Crippen LogP contribution in [0.1, 0.15) is 29.0 Å². The first kappa shape index (κ1) is 32.3. The number of rotatable bonds is 5. The van der Waals surface area contributed by atoms with Crippen LogP contribution in [0, 0.1) is 0 Å². The number of benzene rings is 8. The molecule has 11 aromatic rings. The van der Waals surface area contributed by atoms with Crippen molar-refractivity contribution in [2.24, 2.45) is 4.99 Å². The van der Waals surface area contributed by atoms with Crippen LogP contribution < -0.4 is 10.6 Å². The Labute approximate surface area is 332 Å². The Morgan fingerprint density at radius 1 is 0.544 bits per heavy atom. The van der Waals surface area contributed by atoms with Crippen molar-refractivity contribution in [1.82, 2.24) is 15.2 Å². The van der Waals surface area contributed by atoms with Crippen LogP contribution in [-0.4, -0.2) is 10.4 Å². The molecule has 6 heteroatoms. The van der Waals surface area contributed by atoms with E-state index in [0.717, 1.165) is 55.6 Å². The molecule has 270 valence electrons. The maximum atomic E-state index is 6.87. The van der Waals surface area contributed by atoms with Crippen LogP contribution in [0.25, 0.3) is 80.7 Å². The summed E-state index contributed by atoms with van der Waals surface area (Å²) in [5.41, 5.74) is 10.8. The average molecular weight is 751 g/mol. The first-order valence-electron chi connectivity index (χ1n) is 19.4. The fourth-order valence-corrected chi connectivity index (χ4v) is 10.1. The van der Waals surface area contributed by atoms with Crippen LogP contribution in [0.15, 0.2) is 191 Å². The van der Waals surface area contributed by atoms with Gasteiger partial charge in [0.05, 0.1) is 16.7 Å². The number of aliphatic imine (C=N–C) groups is 1. The van der Waals surface area contributed by atoms with E-state index in [9.17, 15) is 0 Å². The third-order valence-corrected chi connectivity index (χ3v) is 12.6. The van der Waals surface area contributed by atoms with Crippen molar-refractivity contribution in [3.8, 4) is 16.8 Å². The van der Waals surface area contributed by atoms with Crippen LogP contribution in [0.3, 0.4) is 0 Å². The van der Waals surface area contributed by atoms with E-state index in [4.69, 9.17) is 9.41 Å². The van der Waals surface area contributed by atoms with Crippen molar-refractivity contribution in [2.45, 2.75) is 12.3 Å². The lowest BCUT2D eigenvalue weighted by Crippen LogP contribution is -2.45. The number of nitrogens with zero attached hydrogens (tertiary/aromatic N) is 2. The molecular formula is C51H34N4OS. The highest BCUT2D eigenvalue weighted by Crippen LogP contribution is 2.44. The number of hydrogen-bond donors (Lipinski definition) is 2. The molecular weight excluding hydrogens is 717 g/mol. The van der Waals surface area contributed by atoms with Gasteiger partial charge in [-0.25, -0.2) is 4.99 Å². The highest BCUT2D eigenvalue weighted by Gasteiger charge is 2.28. The number of fused-ring (bicyclic) bond motifs is 9. The lowest BCUT2D eigenvalue weighted by atomic mass is 9.98. The van der Waals surface area contributed by atoms with Crippen LogP contribution >= 0.6 is 11.3 Å². The minimum absolute atomic E-state index is 0.219. The summed E-state index contributed by atoms with van der Waals surface area (Å²) in [5.74, 6) is 0.857. The van der Waals surface area contributed by atoms with Crippen LogP contribution in [0.5, 0.6) is 0 Å². The van der Waals surface area contributed by atoms with Crippen molar-refractivity contribution < 1.29 is 4.42 Å². The van der Waals surface area contributed by atoms with Crippen LogP contribution in [-0.2, 0) is 0 Å². The zero-order valence-electron chi connectivity index (χ0n) is 30.7. The smallest absolute Gasteiger partial charge is 0.143 e. The van der Waals surface area contributed by atoms with E-state index in [1.165, 1.54) is 47.7 Å². The van der Waals surface area contributed by atoms with Gasteiger partial charge in [0.15, 0.2) is 0 Å². The molecule has 0 saturated carbocycles. The molecule has 5 nitrogen and oxygen atoms in total. The van der Waals surface area contributed by atoms with E-state index in [2.05, 4.69) is 185 Å². The van der Waals surface area contributed by atoms with Gasteiger partial charge in [0.25, 0.3) is 0 Å². The monoisotopic (exact) mass is 750 g/mol. The second-order valence-electron chi connectivity index (χ2n) is 14.7. The van der Waals surface area contributed by atoms with Gasteiger partial charge in [-0.1, -0.05) is 140 Å². The van der Waals surface area contributed by atoms with Crippen molar-refractivity contribution >= 4 is 81.1 Å². The lowest BCUT2D eigenvalue weighted by molar-refractivity contribution is 0.411. The molecule has 57 heavy (non-hydrogen) atoms. The summed E-state index contributed by atoms with van der Waals surface area (Å²) < 4.78 is 11.8. The van der Waals surface area contributed by atoms with Gasteiger partial charge in [0.1, 0.15) is 29.3 Å². The summed E-state index contributed by atoms with van der Waals surface area (Å²) in [6.45, 7) is 0. The van der Waals surface area contributed by atoms with Gasteiger partial charge >= 0.3 is 0 Å². The van der Waals surface area contributed by atoms with Gasteiger partial charge in [0.2, 0.25) is 0 Å². The number of hydrogen-bond acceptors (Lipinski definition) is 5. The standard InChI is InChI=1S/C51H34N4OS/c1-3-14-31(15-4-1)49-52-50(32-16-5-2-6-17-32)54-51(53-49)38-22-12-26-43-46(38)37-21-11-20-34(48(37)56-43)33-28-29-44-39(30-33)47-42(25-13-27-45(47)57-44)55-40-23-9-7-18-35(40)36-19-8-10-24-41(36)55/h1-30,49,51,53H,(H,52,54). The molecule has 0 saturated heterocycles. The minimum Gasteiger partial charge on any atom is -0.455 e. The molecule has 3 aromatic heterocycles. The number of thiophene rings is 1. The van der Waals surface area contributed by atoms with Crippen molar-refractivity contribution in [2.75, 3.05) is 0 Å². The number of furan rings is 1. The topological polar surface area (TPSA) is 54.5 Å². The molecule has 0 fully saturated rings. The van der Waals surface area contributed by atoms with Gasteiger partial charge in [-0.2, -0.15) is 0 Å². The van der Waals surface area contributed by atoms with Crippen molar-refractivity contribution in [1.29, 1.82) is 0 Å². The Kier molecular flexibility index (Phi) is 7.24. The van der Waals surface area contributed by atoms with E-state index in [0.29, 0.717) is 0 Å². The summed E-state index contributed by atoms with van der Waals surface area (Å²) >= 11 is 1.85. The molecule has 0 spiro atoms. The predicted octanol–water partition coefficient (Wildman–Crippen LogP) is 13.1. The van der Waals surface area contributed by atoms with E-state index in [1.54, 1.807) is 0 Å². The molecule has 4 heterocycles. The highest BCUT2D eigenvalue weighted by atomic mass is 32.1. The third kappa shape index (κ3) is 5.08. The third-order valence-electron chi connectivity index (χ3n) is 11.5. The predicted molar refractivity (Wildman–Crippen MR) is 238 cm³/mol. The van der Waals surface area contributed by atoms with E-state index in [-0.39, 0.29) is 12.3 Å². The van der Waals surface area contributed by atoms with E-state index >= 15 is 0 Å². The van der Waals surface area contributed by atoms with Gasteiger partial charge < -0.3 is 14.3 Å². The second-order valence-corrected chi connectivity index (χ2v) is 15.8. The zero-order chi connectivity index (χ0) is 37.5. The summed E-state index contributed by atoms with van der Waals surface area (Å²) in [6.07, 6.45) is -0.444. The normalized spacial score (nSPS) is 15.9.